The molecule has 3 N–H and O–H groups in total. The number of hydrogen-bond acceptors (Lipinski definition) is 4. The fraction of sp³-hybridized carbons (Fsp3) is 0.429. The van der Waals surface area contributed by atoms with E-state index in [1.54, 1.807) is 38.1 Å². The van der Waals surface area contributed by atoms with Gasteiger partial charge in [0.25, 0.3) is 5.91 Å². The van der Waals surface area contributed by atoms with Gasteiger partial charge in [-0.3, -0.25) is 9.59 Å². The first-order valence-corrected chi connectivity index (χ1v) is 8.68. The van der Waals surface area contributed by atoms with Crippen LogP contribution < -0.4 is 15.4 Å². The Morgan fingerprint density at radius 2 is 1.68 bits per heavy atom. The lowest BCUT2D eigenvalue weighted by Gasteiger charge is -2.08. The summed E-state index contributed by atoms with van der Waals surface area (Å²) in [5, 5.41) is 5.30. The Morgan fingerprint density at radius 3 is 2.23 bits per heavy atom. The maximum absolute atomic E-state index is 11.9. The summed E-state index contributed by atoms with van der Waals surface area (Å²) in [6.07, 6.45) is 0.385. The summed E-state index contributed by atoms with van der Waals surface area (Å²) >= 11 is 0. The van der Waals surface area contributed by atoms with Crippen LogP contribution in [0.5, 0.6) is 0 Å². The second-order valence-corrected chi connectivity index (χ2v) is 6.63. The molecule has 0 fully saturated rings. The Morgan fingerprint density at radius 1 is 1.05 bits per heavy atom. The summed E-state index contributed by atoms with van der Waals surface area (Å²) in [5.41, 5.74) is 1.06. The number of carbonyl (C=O) groups excluding carboxylic acids is 2. The smallest absolute Gasteiger partial charge is 0.251 e. The molecule has 122 valence electrons. The summed E-state index contributed by atoms with van der Waals surface area (Å²) < 4.78 is 24.8. The monoisotopic (exact) mass is 327 g/mol. The molecule has 0 aliphatic heterocycles. The predicted molar refractivity (Wildman–Crippen MR) is 85.2 cm³/mol. The first-order valence-electron chi connectivity index (χ1n) is 7.03. The molecular formula is C14H21N3O4S. The van der Waals surface area contributed by atoms with Gasteiger partial charge >= 0.3 is 0 Å². The van der Waals surface area contributed by atoms with Gasteiger partial charge in [0.05, 0.1) is 5.75 Å². The highest BCUT2D eigenvalue weighted by Gasteiger charge is 2.08. The van der Waals surface area contributed by atoms with E-state index in [2.05, 4.69) is 15.4 Å². The van der Waals surface area contributed by atoms with Crippen LogP contribution in [0.4, 0.5) is 5.69 Å². The molecule has 0 heterocycles. The van der Waals surface area contributed by atoms with E-state index in [1.165, 1.54) is 0 Å². The van der Waals surface area contributed by atoms with E-state index < -0.39 is 10.0 Å². The van der Waals surface area contributed by atoms with E-state index in [4.69, 9.17) is 0 Å². The van der Waals surface area contributed by atoms with E-state index in [-0.39, 0.29) is 30.7 Å². The maximum atomic E-state index is 11.9. The largest absolute Gasteiger partial charge is 0.351 e. The Bertz CT molecular complexity index is 611. The lowest BCUT2D eigenvalue weighted by Crippen LogP contribution is -2.35. The maximum Gasteiger partial charge on any atom is 0.251 e. The summed E-state index contributed by atoms with van der Waals surface area (Å²) in [7, 11) is -3.24. The van der Waals surface area contributed by atoms with Crippen LogP contribution in [0, 0.1) is 0 Å². The zero-order valence-corrected chi connectivity index (χ0v) is 13.5. The second kappa shape index (κ2) is 8.50. The molecule has 0 spiro atoms. The van der Waals surface area contributed by atoms with Crippen molar-refractivity contribution in [2.75, 3.05) is 24.2 Å². The molecule has 1 aromatic rings. The average molecular weight is 327 g/mol. The van der Waals surface area contributed by atoms with Crippen LogP contribution in [-0.4, -0.2) is 39.1 Å². The number of rotatable bonds is 8. The van der Waals surface area contributed by atoms with Crippen LogP contribution in [0.25, 0.3) is 0 Å². The van der Waals surface area contributed by atoms with Crippen molar-refractivity contribution < 1.29 is 18.0 Å². The van der Waals surface area contributed by atoms with Crippen LogP contribution in [0.2, 0.25) is 0 Å². The van der Waals surface area contributed by atoms with Crippen molar-refractivity contribution in [2.45, 2.75) is 20.3 Å². The van der Waals surface area contributed by atoms with Crippen molar-refractivity contribution in [3.8, 4) is 0 Å². The summed E-state index contributed by atoms with van der Waals surface area (Å²) in [6.45, 7) is 3.64. The quantitative estimate of drug-likeness (QED) is 0.611. The SMILES string of the molecule is CCC(=O)Nc1ccc(C(=O)NCCNS(=O)(=O)CC)cc1. The molecule has 0 atom stereocenters. The molecule has 1 aromatic carbocycles. The van der Waals surface area contributed by atoms with Gasteiger partial charge in [-0.25, -0.2) is 13.1 Å². The molecule has 0 aliphatic carbocycles. The Labute approximate surface area is 130 Å². The van der Waals surface area contributed by atoms with Gasteiger partial charge in [0, 0.05) is 30.8 Å². The lowest BCUT2D eigenvalue weighted by molar-refractivity contribution is -0.115. The first-order chi connectivity index (χ1) is 10.4. The number of hydrogen-bond donors (Lipinski definition) is 3. The van der Waals surface area contributed by atoms with Gasteiger partial charge in [0.1, 0.15) is 0 Å². The average Bonchev–Trinajstić information content (AvgIpc) is 2.52. The van der Waals surface area contributed by atoms with Crippen LogP contribution in [0.3, 0.4) is 0 Å². The Kier molecular flexibility index (Phi) is 7.00. The topological polar surface area (TPSA) is 104 Å². The minimum Gasteiger partial charge on any atom is -0.351 e. The highest BCUT2D eigenvalue weighted by molar-refractivity contribution is 7.89. The van der Waals surface area contributed by atoms with E-state index in [0.29, 0.717) is 17.7 Å². The number of carbonyl (C=O) groups is 2. The standard InChI is InChI=1S/C14H21N3O4S/c1-3-13(18)17-12-7-5-11(6-8-12)14(19)15-9-10-16-22(20,21)4-2/h5-8,16H,3-4,9-10H2,1-2H3,(H,15,19)(H,17,18). The molecule has 0 radical (unpaired) electrons. The van der Waals surface area contributed by atoms with Gasteiger partial charge in [-0.2, -0.15) is 0 Å². The Hall–Kier alpha value is -1.93. The number of amides is 2. The summed E-state index contributed by atoms with van der Waals surface area (Å²) in [4.78, 5) is 23.1. The second-order valence-electron chi connectivity index (χ2n) is 4.53. The van der Waals surface area contributed by atoms with Gasteiger partial charge in [0.2, 0.25) is 15.9 Å². The predicted octanol–water partition coefficient (Wildman–Crippen LogP) is 0.704. The summed E-state index contributed by atoms with van der Waals surface area (Å²) in [6, 6.07) is 6.47. The molecule has 0 saturated carbocycles. The molecule has 0 bridgehead atoms. The molecule has 2 amide bonds. The van der Waals surface area contributed by atoms with Crippen molar-refractivity contribution in [2.24, 2.45) is 0 Å². The highest BCUT2D eigenvalue weighted by Crippen LogP contribution is 2.09. The fourth-order valence-electron chi connectivity index (χ4n) is 1.54. The number of anilines is 1. The molecule has 1 rings (SSSR count). The van der Waals surface area contributed by atoms with Gasteiger partial charge in [-0.15, -0.1) is 0 Å². The zero-order valence-electron chi connectivity index (χ0n) is 12.7. The van der Waals surface area contributed by atoms with E-state index in [0.717, 1.165) is 0 Å². The highest BCUT2D eigenvalue weighted by atomic mass is 32.2. The number of benzene rings is 1. The Balaban J connectivity index is 2.44. The molecule has 0 unspecified atom stereocenters. The molecule has 0 aromatic heterocycles. The molecule has 22 heavy (non-hydrogen) atoms. The van der Waals surface area contributed by atoms with E-state index in [1.807, 2.05) is 0 Å². The van der Waals surface area contributed by atoms with Gasteiger partial charge in [0.15, 0.2) is 0 Å². The minimum absolute atomic E-state index is 0.00584. The van der Waals surface area contributed by atoms with Gasteiger partial charge < -0.3 is 10.6 Å². The third-order valence-electron chi connectivity index (χ3n) is 2.86. The number of nitrogens with one attached hydrogen (secondary N) is 3. The van der Waals surface area contributed by atoms with E-state index >= 15 is 0 Å². The lowest BCUT2D eigenvalue weighted by atomic mass is 10.2. The van der Waals surface area contributed by atoms with Crippen molar-refractivity contribution >= 4 is 27.5 Å². The first kappa shape index (κ1) is 18.1. The molecule has 8 heteroatoms. The van der Waals surface area contributed by atoms with Crippen LogP contribution in [0.1, 0.15) is 30.6 Å². The molecule has 0 saturated heterocycles. The molecule has 0 aliphatic rings. The van der Waals surface area contributed by atoms with Crippen LogP contribution in [-0.2, 0) is 14.8 Å². The van der Waals surface area contributed by atoms with Crippen LogP contribution in [0.15, 0.2) is 24.3 Å². The zero-order chi connectivity index (χ0) is 16.6. The fourth-order valence-corrected chi connectivity index (χ4v) is 2.16. The third-order valence-corrected chi connectivity index (χ3v) is 4.27. The molecular weight excluding hydrogens is 306 g/mol. The minimum atomic E-state index is -3.24. The van der Waals surface area contributed by atoms with Crippen molar-refractivity contribution in [1.82, 2.24) is 10.0 Å². The van der Waals surface area contributed by atoms with Crippen molar-refractivity contribution in [3.05, 3.63) is 29.8 Å². The van der Waals surface area contributed by atoms with E-state index in [9.17, 15) is 18.0 Å². The summed E-state index contributed by atoms with van der Waals surface area (Å²) in [5.74, 6) is -0.393. The van der Waals surface area contributed by atoms with Gasteiger partial charge in [-0.05, 0) is 31.2 Å². The normalized spacial score (nSPS) is 11.0. The number of sulfonamides is 1. The van der Waals surface area contributed by atoms with Crippen molar-refractivity contribution in [1.29, 1.82) is 0 Å². The van der Waals surface area contributed by atoms with Crippen LogP contribution >= 0.6 is 0 Å². The molecule has 7 nitrogen and oxygen atoms in total. The third kappa shape index (κ3) is 6.23. The van der Waals surface area contributed by atoms with Crippen molar-refractivity contribution in [3.63, 3.8) is 0 Å². The van der Waals surface area contributed by atoms with Gasteiger partial charge in [-0.1, -0.05) is 6.92 Å².